The Kier molecular flexibility index (Phi) is 7.09. The maximum Gasteiger partial charge on any atom is 0.262 e. The minimum atomic E-state index is -0.0848. The van der Waals surface area contributed by atoms with Gasteiger partial charge in [-0.25, -0.2) is 4.98 Å². The fraction of sp³-hybridized carbons (Fsp3) is 0.348. The summed E-state index contributed by atoms with van der Waals surface area (Å²) < 4.78 is 1.67. The second kappa shape index (κ2) is 9.74. The quantitative estimate of drug-likeness (QED) is 0.448. The third-order valence-electron chi connectivity index (χ3n) is 4.75. The van der Waals surface area contributed by atoms with Gasteiger partial charge in [0.25, 0.3) is 5.56 Å². The van der Waals surface area contributed by atoms with Crippen molar-refractivity contribution >= 4 is 28.6 Å². The number of aryl methyl sites for hydroxylation is 1. The average Bonchev–Trinajstić information content (AvgIpc) is 2.70. The highest BCUT2D eigenvalue weighted by Crippen LogP contribution is 2.19. The molecule has 0 radical (unpaired) electrons. The number of hydrogen-bond donors (Lipinski definition) is 1. The van der Waals surface area contributed by atoms with Crippen molar-refractivity contribution in [2.45, 2.75) is 51.4 Å². The van der Waals surface area contributed by atoms with E-state index in [0.29, 0.717) is 22.6 Å². The van der Waals surface area contributed by atoms with Crippen LogP contribution in [0.5, 0.6) is 0 Å². The first-order valence-corrected chi connectivity index (χ1v) is 10.9. The standard InChI is InChI=1S/C23H27N3O2S/c1-4-7-17(3)24-21(27)15-29-23-25-20-9-6-5-8-19(20)22(28)26(23)14-18-12-10-16(2)11-13-18/h5-6,8-13,17H,4,7,14-15H2,1-3H3,(H,24,27)/t17-/m0/s1. The lowest BCUT2D eigenvalue weighted by molar-refractivity contribution is -0.119. The number of thioether (sulfide) groups is 1. The molecule has 1 atom stereocenters. The van der Waals surface area contributed by atoms with Gasteiger partial charge in [0.15, 0.2) is 5.16 Å². The first kappa shape index (κ1) is 21.1. The molecule has 6 heteroatoms. The Bertz CT molecular complexity index is 1040. The summed E-state index contributed by atoms with van der Waals surface area (Å²) in [4.78, 5) is 30.1. The van der Waals surface area contributed by atoms with E-state index in [-0.39, 0.29) is 23.3 Å². The Hall–Kier alpha value is -2.60. The van der Waals surface area contributed by atoms with Crippen LogP contribution in [0.4, 0.5) is 0 Å². The van der Waals surface area contributed by atoms with Gasteiger partial charge in [0, 0.05) is 6.04 Å². The lowest BCUT2D eigenvalue weighted by atomic mass is 10.1. The van der Waals surface area contributed by atoms with E-state index in [9.17, 15) is 9.59 Å². The first-order chi connectivity index (χ1) is 14.0. The zero-order valence-corrected chi connectivity index (χ0v) is 18.0. The van der Waals surface area contributed by atoms with Crippen molar-refractivity contribution in [1.29, 1.82) is 0 Å². The van der Waals surface area contributed by atoms with Crippen LogP contribution in [-0.4, -0.2) is 27.3 Å². The number of carbonyl (C=O) groups is 1. The molecular formula is C23H27N3O2S. The number of nitrogens with one attached hydrogen (secondary N) is 1. The number of para-hydroxylation sites is 1. The molecule has 0 unspecified atom stereocenters. The van der Waals surface area contributed by atoms with Crippen molar-refractivity contribution in [3.8, 4) is 0 Å². The first-order valence-electron chi connectivity index (χ1n) is 9.95. The van der Waals surface area contributed by atoms with Crippen LogP contribution in [0.25, 0.3) is 10.9 Å². The van der Waals surface area contributed by atoms with Crippen molar-refractivity contribution in [3.05, 3.63) is 70.0 Å². The van der Waals surface area contributed by atoms with E-state index in [1.165, 1.54) is 17.3 Å². The number of fused-ring (bicyclic) bond motifs is 1. The summed E-state index contributed by atoms with van der Waals surface area (Å²) in [6.07, 6.45) is 1.97. The van der Waals surface area contributed by atoms with E-state index in [1.54, 1.807) is 10.6 Å². The Balaban J connectivity index is 1.89. The van der Waals surface area contributed by atoms with Crippen LogP contribution in [-0.2, 0) is 11.3 Å². The van der Waals surface area contributed by atoms with E-state index >= 15 is 0 Å². The van der Waals surface area contributed by atoms with Gasteiger partial charge in [-0.2, -0.15) is 0 Å². The van der Waals surface area contributed by atoms with Gasteiger partial charge in [-0.15, -0.1) is 0 Å². The molecule has 0 fully saturated rings. The molecule has 3 aromatic rings. The van der Waals surface area contributed by atoms with Gasteiger partial charge in [0.05, 0.1) is 23.2 Å². The van der Waals surface area contributed by atoms with Crippen LogP contribution in [0.3, 0.4) is 0 Å². The summed E-state index contributed by atoms with van der Waals surface area (Å²) >= 11 is 1.31. The smallest absolute Gasteiger partial charge is 0.262 e. The zero-order chi connectivity index (χ0) is 20.8. The highest BCUT2D eigenvalue weighted by atomic mass is 32.2. The predicted octanol–water partition coefficient (Wildman–Crippen LogP) is 4.15. The number of hydrogen-bond acceptors (Lipinski definition) is 4. The zero-order valence-electron chi connectivity index (χ0n) is 17.1. The summed E-state index contributed by atoms with van der Waals surface area (Å²) in [7, 11) is 0. The topological polar surface area (TPSA) is 64.0 Å². The van der Waals surface area contributed by atoms with Crippen molar-refractivity contribution in [1.82, 2.24) is 14.9 Å². The fourth-order valence-electron chi connectivity index (χ4n) is 3.23. The third kappa shape index (κ3) is 5.48. The Morgan fingerprint density at radius 2 is 1.90 bits per heavy atom. The van der Waals surface area contributed by atoms with Gasteiger partial charge in [-0.3, -0.25) is 14.2 Å². The molecule has 152 valence electrons. The SMILES string of the molecule is CCC[C@H](C)NC(=O)CSc1nc2ccccc2c(=O)n1Cc1ccc(C)cc1. The molecule has 1 N–H and O–H groups in total. The summed E-state index contributed by atoms with van der Waals surface area (Å²) in [5, 5.41) is 4.15. The molecule has 0 spiro atoms. The van der Waals surface area contributed by atoms with Crippen molar-refractivity contribution in [3.63, 3.8) is 0 Å². The van der Waals surface area contributed by atoms with Crippen LogP contribution in [0.2, 0.25) is 0 Å². The number of benzene rings is 2. The largest absolute Gasteiger partial charge is 0.353 e. The molecule has 0 aliphatic heterocycles. The van der Waals surface area contributed by atoms with E-state index in [1.807, 2.05) is 56.3 Å². The highest BCUT2D eigenvalue weighted by Gasteiger charge is 2.14. The lowest BCUT2D eigenvalue weighted by Gasteiger charge is -2.15. The Labute approximate surface area is 175 Å². The maximum absolute atomic E-state index is 13.1. The number of rotatable bonds is 8. The highest BCUT2D eigenvalue weighted by molar-refractivity contribution is 7.99. The molecular weight excluding hydrogens is 382 g/mol. The number of amides is 1. The minimum absolute atomic E-state index is 0.0414. The van der Waals surface area contributed by atoms with Gasteiger partial charge in [0.2, 0.25) is 5.91 Å². The number of carbonyl (C=O) groups excluding carboxylic acids is 1. The average molecular weight is 410 g/mol. The van der Waals surface area contributed by atoms with Crippen LogP contribution in [0.15, 0.2) is 58.5 Å². The van der Waals surface area contributed by atoms with Gasteiger partial charge >= 0.3 is 0 Å². The van der Waals surface area contributed by atoms with Crippen LogP contribution < -0.4 is 10.9 Å². The molecule has 0 aliphatic rings. The van der Waals surface area contributed by atoms with Gasteiger partial charge < -0.3 is 5.32 Å². The van der Waals surface area contributed by atoms with Crippen molar-refractivity contribution in [2.24, 2.45) is 0 Å². The van der Waals surface area contributed by atoms with Gasteiger partial charge in [0.1, 0.15) is 0 Å². The molecule has 1 heterocycles. The van der Waals surface area contributed by atoms with Gasteiger partial charge in [-0.05, 0) is 38.0 Å². The molecule has 0 aliphatic carbocycles. The van der Waals surface area contributed by atoms with E-state index in [4.69, 9.17) is 0 Å². The number of nitrogens with zero attached hydrogens (tertiary/aromatic N) is 2. The molecule has 0 bridgehead atoms. The monoisotopic (exact) mass is 409 g/mol. The summed E-state index contributed by atoms with van der Waals surface area (Å²) in [5.41, 5.74) is 2.77. The minimum Gasteiger partial charge on any atom is -0.353 e. The Morgan fingerprint density at radius 3 is 2.62 bits per heavy atom. The Morgan fingerprint density at radius 1 is 1.17 bits per heavy atom. The second-order valence-corrected chi connectivity index (χ2v) is 8.28. The lowest BCUT2D eigenvalue weighted by Crippen LogP contribution is -2.34. The molecule has 5 nitrogen and oxygen atoms in total. The molecule has 0 saturated carbocycles. The number of aromatic nitrogens is 2. The second-order valence-electron chi connectivity index (χ2n) is 7.33. The molecule has 0 saturated heterocycles. The molecule has 1 amide bonds. The molecule has 2 aromatic carbocycles. The summed E-state index contributed by atoms with van der Waals surface area (Å²) in [6, 6.07) is 15.6. The fourth-order valence-corrected chi connectivity index (χ4v) is 4.03. The molecule has 1 aromatic heterocycles. The van der Waals surface area contributed by atoms with Crippen molar-refractivity contribution < 1.29 is 4.79 Å². The summed E-state index contributed by atoms with van der Waals surface area (Å²) in [6.45, 7) is 6.56. The van der Waals surface area contributed by atoms with Crippen LogP contribution in [0, 0.1) is 6.92 Å². The van der Waals surface area contributed by atoms with E-state index in [0.717, 1.165) is 18.4 Å². The van der Waals surface area contributed by atoms with E-state index in [2.05, 4.69) is 17.2 Å². The van der Waals surface area contributed by atoms with Crippen molar-refractivity contribution in [2.75, 3.05) is 5.75 Å². The normalized spacial score (nSPS) is 12.1. The predicted molar refractivity (Wildman–Crippen MR) is 120 cm³/mol. The van der Waals surface area contributed by atoms with Gasteiger partial charge in [-0.1, -0.05) is 67.1 Å². The van der Waals surface area contributed by atoms with Crippen LogP contribution >= 0.6 is 11.8 Å². The molecule has 3 rings (SSSR count). The van der Waals surface area contributed by atoms with E-state index < -0.39 is 0 Å². The molecule has 29 heavy (non-hydrogen) atoms. The van der Waals surface area contributed by atoms with Crippen LogP contribution in [0.1, 0.15) is 37.8 Å². The third-order valence-corrected chi connectivity index (χ3v) is 5.73. The summed E-state index contributed by atoms with van der Waals surface area (Å²) in [5.74, 6) is 0.187. The maximum atomic E-state index is 13.1.